The van der Waals surface area contributed by atoms with Crippen LogP contribution >= 0.6 is 0 Å². The van der Waals surface area contributed by atoms with Crippen LogP contribution in [0.3, 0.4) is 0 Å². The van der Waals surface area contributed by atoms with Gasteiger partial charge in [-0.3, -0.25) is 0 Å². The van der Waals surface area contributed by atoms with E-state index < -0.39 is 18.7 Å². The van der Waals surface area contributed by atoms with Crippen molar-refractivity contribution in [2.24, 2.45) is 5.92 Å². The van der Waals surface area contributed by atoms with Gasteiger partial charge in [-0.15, -0.1) is 0 Å². The van der Waals surface area contributed by atoms with Gasteiger partial charge in [0, 0.05) is 13.0 Å². The van der Waals surface area contributed by atoms with Crippen molar-refractivity contribution in [2.45, 2.75) is 51.8 Å². The Labute approximate surface area is 95.2 Å². The SMILES string of the molecule is CCC(CC)C(O)CNCCCC(F)(F)F. The summed E-state index contributed by atoms with van der Waals surface area (Å²) in [4.78, 5) is 0. The van der Waals surface area contributed by atoms with Gasteiger partial charge in [0.05, 0.1) is 6.10 Å². The van der Waals surface area contributed by atoms with Crippen LogP contribution < -0.4 is 5.32 Å². The fraction of sp³-hybridized carbons (Fsp3) is 1.00. The molecule has 16 heavy (non-hydrogen) atoms. The van der Waals surface area contributed by atoms with Gasteiger partial charge in [0.1, 0.15) is 0 Å². The molecule has 0 fully saturated rings. The van der Waals surface area contributed by atoms with Gasteiger partial charge in [0.15, 0.2) is 0 Å². The minimum Gasteiger partial charge on any atom is -0.392 e. The van der Waals surface area contributed by atoms with E-state index in [2.05, 4.69) is 5.32 Å². The molecule has 2 N–H and O–H groups in total. The first-order valence-corrected chi connectivity index (χ1v) is 5.86. The molecule has 2 nitrogen and oxygen atoms in total. The van der Waals surface area contributed by atoms with Crippen molar-refractivity contribution in [1.82, 2.24) is 5.32 Å². The zero-order valence-corrected chi connectivity index (χ0v) is 9.98. The van der Waals surface area contributed by atoms with Crippen LogP contribution in [0.1, 0.15) is 39.5 Å². The van der Waals surface area contributed by atoms with Gasteiger partial charge in [0.25, 0.3) is 0 Å². The standard InChI is InChI=1S/C11H22F3NO/c1-3-9(4-2)10(16)8-15-7-5-6-11(12,13)14/h9-10,15-16H,3-8H2,1-2H3. The van der Waals surface area contributed by atoms with Crippen molar-refractivity contribution in [3.63, 3.8) is 0 Å². The Hall–Kier alpha value is -0.290. The molecule has 0 aromatic carbocycles. The summed E-state index contributed by atoms with van der Waals surface area (Å²) in [6, 6.07) is 0. The van der Waals surface area contributed by atoms with Gasteiger partial charge >= 0.3 is 6.18 Å². The average molecular weight is 241 g/mol. The summed E-state index contributed by atoms with van der Waals surface area (Å²) < 4.78 is 35.4. The molecule has 0 rings (SSSR count). The second-order valence-corrected chi connectivity index (χ2v) is 4.07. The van der Waals surface area contributed by atoms with Gasteiger partial charge in [-0.2, -0.15) is 13.2 Å². The maximum Gasteiger partial charge on any atom is 0.389 e. The molecule has 0 bridgehead atoms. The molecular weight excluding hydrogens is 219 g/mol. The zero-order chi connectivity index (χ0) is 12.6. The highest BCUT2D eigenvalue weighted by molar-refractivity contribution is 4.68. The van der Waals surface area contributed by atoms with Crippen molar-refractivity contribution in [1.29, 1.82) is 0 Å². The Morgan fingerprint density at radius 1 is 1.19 bits per heavy atom. The smallest absolute Gasteiger partial charge is 0.389 e. The Bertz CT molecular complexity index is 169. The van der Waals surface area contributed by atoms with Crippen LogP contribution in [0.25, 0.3) is 0 Å². The molecule has 5 heteroatoms. The number of halogens is 3. The van der Waals surface area contributed by atoms with Gasteiger partial charge < -0.3 is 10.4 Å². The molecule has 0 aliphatic carbocycles. The molecule has 1 atom stereocenters. The summed E-state index contributed by atoms with van der Waals surface area (Å²) in [5, 5.41) is 12.5. The van der Waals surface area contributed by atoms with Crippen molar-refractivity contribution in [3.05, 3.63) is 0 Å². The number of alkyl halides is 3. The van der Waals surface area contributed by atoms with Crippen LogP contribution in [0, 0.1) is 5.92 Å². The fourth-order valence-corrected chi connectivity index (χ4v) is 1.66. The van der Waals surface area contributed by atoms with Crippen LogP contribution in [-0.4, -0.2) is 30.5 Å². The maximum absolute atomic E-state index is 11.8. The van der Waals surface area contributed by atoms with E-state index in [-0.39, 0.29) is 12.3 Å². The van der Waals surface area contributed by atoms with Crippen LogP contribution in [-0.2, 0) is 0 Å². The Morgan fingerprint density at radius 3 is 2.19 bits per heavy atom. The van der Waals surface area contributed by atoms with Crippen molar-refractivity contribution in [2.75, 3.05) is 13.1 Å². The zero-order valence-electron chi connectivity index (χ0n) is 9.98. The second kappa shape index (κ2) is 7.90. The molecule has 0 aliphatic heterocycles. The fourth-order valence-electron chi connectivity index (χ4n) is 1.66. The molecule has 0 aromatic rings. The third-order valence-corrected chi connectivity index (χ3v) is 2.76. The van der Waals surface area contributed by atoms with Crippen LogP contribution in [0.4, 0.5) is 13.2 Å². The molecule has 0 aromatic heterocycles. The normalized spacial score (nSPS) is 14.4. The Morgan fingerprint density at radius 2 is 1.75 bits per heavy atom. The molecule has 0 heterocycles. The summed E-state index contributed by atoms with van der Waals surface area (Å²) in [6.45, 7) is 4.68. The molecule has 0 spiro atoms. The number of hydrogen-bond acceptors (Lipinski definition) is 2. The molecule has 0 aliphatic rings. The van der Waals surface area contributed by atoms with E-state index in [1.165, 1.54) is 0 Å². The van der Waals surface area contributed by atoms with E-state index in [0.29, 0.717) is 13.1 Å². The highest BCUT2D eigenvalue weighted by atomic mass is 19.4. The number of rotatable bonds is 8. The first kappa shape index (κ1) is 15.7. The van der Waals surface area contributed by atoms with Crippen molar-refractivity contribution >= 4 is 0 Å². The molecule has 0 saturated carbocycles. The average Bonchev–Trinajstić information content (AvgIpc) is 2.17. The predicted molar refractivity (Wildman–Crippen MR) is 58.2 cm³/mol. The van der Waals surface area contributed by atoms with Crippen LogP contribution in [0.15, 0.2) is 0 Å². The Kier molecular flexibility index (Phi) is 7.76. The first-order valence-electron chi connectivity index (χ1n) is 5.86. The largest absolute Gasteiger partial charge is 0.392 e. The molecule has 0 radical (unpaired) electrons. The lowest BCUT2D eigenvalue weighted by molar-refractivity contribution is -0.135. The van der Waals surface area contributed by atoms with E-state index in [9.17, 15) is 18.3 Å². The number of aliphatic hydroxyl groups excluding tert-OH is 1. The lowest BCUT2D eigenvalue weighted by Gasteiger charge is -2.20. The van der Waals surface area contributed by atoms with Gasteiger partial charge in [0.2, 0.25) is 0 Å². The van der Waals surface area contributed by atoms with Gasteiger partial charge in [-0.1, -0.05) is 26.7 Å². The third-order valence-electron chi connectivity index (χ3n) is 2.76. The van der Waals surface area contributed by atoms with Crippen LogP contribution in [0.5, 0.6) is 0 Å². The number of nitrogens with one attached hydrogen (secondary N) is 1. The number of hydrogen-bond donors (Lipinski definition) is 2. The third kappa shape index (κ3) is 7.93. The first-order chi connectivity index (χ1) is 7.40. The minimum absolute atomic E-state index is 0.0686. The van der Waals surface area contributed by atoms with E-state index in [0.717, 1.165) is 12.8 Å². The molecule has 0 amide bonds. The highest BCUT2D eigenvalue weighted by Crippen LogP contribution is 2.20. The molecule has 1 unspecified atom stereocenters. The summed E-state index contributed by atoms with van der Waals surface area (Å²) in [6.07, 6.45) is -3.44. The monoisotopic (exact) mass is 241 g/mol. The molecule has 98 valence electrons. The van der Waals surface area contributed by atoms with Crippen molar-refractivity contribution < 1.29 is 18.3 Å². The van der Waals surface area contributed by atoms with Crippen molar-refractivity contribution in [3.8, 4) is 0 Å². The lowest BCUT2D eigenvalue weighted by atomic mass is 9.96. The maximum atomic E-state index is 11.8. The molecular formula is C11H22F3NO. The summed E-state index contributed by atoms with van der Waals surface area (Å²) >= 11 is 0. The van der Waals surface area contributed by atoms with E-state index in [4.69, 9.17) is 0 Å². The topological polar surface area (TPSA) is 32.3 Å². The highest BCUT2D eigenvalue weighted by Gasteiger charge is 2.25. The quantitative estimate of drug-likeness (QED) is 0.640. The number of aliphatic hydroxyl groups is 1. The van der Waals surface area contributed by atoms with E-state index >= 15 is 0 Å². The summed E-state index contributed by atoms with van der Waals surface area (Å²) in [5.41, 5.74) is 0. The molecule has 0 saturated heterocycles. The lowest BCUT2D eigenvalue weighted by Crippen LogP contribution is -2.33. The van der Waals surface area contributed by atoms with E-state index in [1.807, 2.05) is 13.8 Å². The summed E-state index contributed by atoms with van der Waals surface area (Å²) in [5.74, 6) is 0.232. The minimum atomic E-state index is -4.07. The second-order valence-electron chi connectivity index (χ2n) is 4.07. The van der Waals surface area contributed by atoms with Gasteiger partial charge in [-0.25, -0.2) is 0 Å². The Balaban J connectivity index is 3.51. The van der Waals surface area contributed by atoms with Gasteiger partial charge in [-0.05, 0) is 18.9 Å². The summed E-state index contributed by atoms with van der Waals surface area (Å²) in [7, 11) is 0. The van der Waals surface area contributed by atoms with E-state index in [1.54, 1.807) is 0 Å². The predicted octanol–water partition coefficient (Wildman–Crippen LogP) is 2.72. The van der Waals surface area contributed by atoms with Crippen LogP contribution in [0.2, 0.25) is 0 Å².